The number of halogens is 2. The molecule has 1 heterocycles. The first-order chi connectivity index (χ1) is 9.11. The monoisotopic (exact) mass is 358 g/mol. The smallest absolute Gasteiger partial charge is 0.253 e. The van der Waals surface area contributed by atoms with E-state index < -0.39 is 0 Å². The van der Waals surface area contributed by atoms with E-state index in [1.807, 2.05) is 12.3 Å². The fourth-order valence-electron chi connectivity index (χ4n) is 1.65. The first kappa shape index (κ1) is 14.5. The molecule has 2 aromatic rings. The molecule has 0 saturated carbocycles. The summed E-state index contributed by atoms with van der Waals surface area (Å²) in [6.07, 6.45) is 2.52. The zero-order valence-corrected chi connectivity index (χ0v) is 13.3. The van der Waals surface area contributed by atoms with Gasteiger partial charge in [-0.05, 0) is 24.6 Å². The quantitative estimate of drug-likeness (QED) is 0.877. The van der Waals surface area contributed by atoms with Gasteiger partial charge in [0.1, 0.15) is 5.01 Å². The Hall–Kier alpha value is -0.910. The van der Waals surface area contributed by atoms with E-state index in [0.29, 0.717) is 10.6 Å². The lowest BCUT2D eigenvalue weighted by molar-refractivity contribution is 0.0935. The van der Waals surface area contributed by atoms with Crippen molar-refractivity contribution in [1.82, 2.24) is 10.3 Å². The number of hydrogen-bond donors (Lipinski definition) is 1. The molecule has 100 valence electrons. The molecule has 0 saturated heterocycles. The van der Waals surface area contributed by atoms with Crippen molar-refractivity contribution >= 4 is 44.8 Å². The molecular weight excluding hydrogens is 348 g/mol. The summed E-state index contributed by atoms with van der Waals surface area (Å²) in [5.41, 5.74) is 0.464. The summed E-state index contributed by atoms with van der Waals surface area (Å²) in [4.78, 5) is 16.5. The van der Waals surface area contributed by atoms with Crippen molar-refractivity contribution in [1.29, 1.82) is 0 Å². The van der Waals surface area contributed by atoms with Crippen LogP contribution in [-0.4, -0.2) is 10.9 Å². The molecule has 0 radical (unpaired) electrons. The molecule has 2 rings (SSSR count). The largest absolute Gasteiger partial charge is 0.343 e. The van der Waals surface area contributed by atoms with Gasteiger partial charge in [0.25, 0.3) is 5.91 Å². The van der Waals surface area contributed by atoms with Crippen LogP contribution in [0.2, 0.25) is 5.02 Å². The van der Waals surface area contributed by atoms with Gasteiger partial charge in [-0.3, -0.25) is 4.79 Å². The van der Waals surface area contributed by atoms with E-state index in [9.17, 15) is 4.79 Å². The third-order valence-corrected chi connectivity index (χ3v) is 4.35. The Kier molecular flexibility index (Phi) is 4.96. The van der Waals surface area contributed by atoms with Crippen LogP contribution in [0.5, 0.6) is 0 Å². The van der Waals surface area contributed by atoms with E-state index in [4.69, 9.17) is 11.6 Å². The van der Waals surface area contributed by atoms with Crippen LogP contribution in [0.15, 0.2) is 34.2 Å². The Morgan fingerprint density at radius 3 is 3.00 bits per heavy atom. The minimum Gasteiger partial charge on any atom is -0.343 e. The molecule has 3 nitrogen and oxygen atoms in total. The van der Waals surface area contributed by atoms with Gasteiger partial charge in [0, 0.05) is 16.0 Å². The van der Waals surface area contributed by atoms with Gasteiger partial charge in [0.05, 0.1) is 16.6 Å². The molecule has 1 N–H and O–H groups in total. The zero-order valence-electron chi connectivity index (χ0n) is 10.2. The summed E-state index contributed by atoms with van der Waals surface area (Å²) in [5, 5.41) is 6.20. The van der Waals surface area contributed by atoms with Crippen LogP contribution in [0.4, 0.5) is 0 Å². The van der Waals surface area contributed by atoms with Gasteiger partial charge >= 0.3 is 0 Å². The van der Waals surface area contributed by atoms with Crippen LogP contribution < -0.4 is 5.32 Å². The lowest BCUT2D eigenvalue weighted by atomic mass is 10.1. The van der Waals surface area contributed by atoms with Crippen molar-refractivity contribution < 1.29 is 4.79 Å². The fourth-order valence-corrected chi connectivity index (χ4v) is 2.99. The normalized spacial score (nSPS) is 12.2. The second-order valence-electron chi connectivity index (χ2n) is 3.93. The van der Waals surface area contributed by atoms with Crippen LogP contribution in [0.3, 0.4) is 0 Å². The number of hydrogen-bond acceptors (Lipinski definition) is 3. The SMILES string of the molecule is CCC(NC(=O)c1cc(Br)ccc1Cl)c1nccs1. The maximum absolute atomic E-state index is 12.2. The van der Waals surface area contributed by atoms with E-state index in [1.54, 1.807) is 24.4 Å². The molecule has 0 aliphatic carbocycles. The van der Waals surface area contributed by atoms with Crippen molar-refractivity contribution in [2.24, 2.45) is 0 Å². The van der Waals surface area contributed by atoms with E-state index in [-0.39, 0.29) is 11.9 Å². The average molecular weight is 360 g/mol. The third kappa shape index (κ3) is 3.55. The van der Waals surface area contributed by atoms with Gasteiger partial charge in [-0.25, -0.2) is 4.98 Å². The molecule has 1 aromatic carbocycles. The standard InChI is InChI=1S/C13H12BrClN2OS/c1-2-11(13-16-5-6-19-13)17-12(18)9-7-8(14)3-4-10(9)15/h3-7,11H,2H2,1H3,(H,17,18). The Labute approximate surface area is 129 Å². The number of carbonyl (C=O) groups is 1. The van der Waals surface area contributed by atoms with Crippen molar-refractivity contribution in [2.45, 2.75) is 19.4 Å². The predicted molar refractivity (Wildman–Crippen MR) is 81.8 cm³/mol. The second-order valence-corrected chi connectivity index (χ2v) is 6.18. The number of amides is 1. The molecule has 1 amide bonds. The highest BCUT2D eigenvalue weighted by atomic mass is 79.9. The van der Waals surface area contributed by atoms with Gasteiger partial charge in [0.15, 0.2) is 0 Å². The maximum Gasteiger partial charge on any atom is 0.253 e. The van der Waals surface area contributed by atoms with Crippen LogP contribution >= 0.6 is 38.9 Å². The summed E-state index contributed by atoms with van der Waals surface area (Å²) in [6.45, 7) is 2.01. The van der Waals surface area contributed by atoms with Crippen molar-refractivity contribution in [3.05, 3.63) is 49.8 Å². The molecule has 1 atom stereocenters. The van der Waals surface area contributed by atoms with Crippen molar-refractivity contribution in [3.63, 3.8) is 0 Å². The highest BCUT2D eigenvalue weighted by Crippen LogP contribution is 2.23. The van der Waals surface area contributed by atoms with Gasteiger partial charge in [0.2, 0.25) is 0 Å². The third-order valence-electron chi connectivity index (χ3n) is 2.64. The van der Waals surface area contributed by atoms with E-state index in [2.05, 4.69) is 26.2 Å². The minimum absolute atomic E-state index is 0.0810. The molecule has 19 heavy (non-hydrogen) atoms. The fraction of sp³-hybridized carbons (Fsp3) is 0.231. The molecule has 6 heteroatoms. The summed E-state index contributed by atoms with van der Waals surface area (Å²) in [5.74, 6) is -0.187. The van der Waals surface area contributed by atoms with Gasteiger partial charge < -0.3 is 5.32 Å². The highest BCUT2D eigenvalue weighted by molar-refractivity contribution is 9.10. The maximum atomic E-state index is 12.2. The summed E-state index contributed by atoms with van der Waals surface area (Å²) in [7, 11) is 0. The number of nitrogens with one attached hydrogen (secondary N) is 1. The van der Waals surface area contributed by atoms with Crippen molar-refractivity contribution in [3.8, 4) is 0 Å². The van der Waals surface area contributed by atoms with Crippen LogP contribution in [0.1, 0.15) is 34.8 Å². The Bertz CT molecular complexity index is 574. The number of thiazole rings is 1. The van der Waals surface area contributed by atoms with E-state index >= 15 is 0 Å². The van der Waals surface area contributed by atoms with Gasteiger partial charge in [-0.15, -0.1) is 11.3 Å². The molecule has 1 unspecified atom stereocenters. The molecule has 0 fully saturated rings. The first-order valence-corrected chi connectivity index (χ1v) is 7.82. The summed E-state index contributed by atoms with van der Waals surface area (Å²) < 4.78 is 0.823. The first-order valence-electron chi connectivity index (χ1n) is 5.77. The van der Waals surface area contributed by atoms with Crippen LogP contribution in [-0.2, 0) is 0 Å². The lowest BCUT2D eigenvalue weighted by Crippen LogP contribution is -2.28. The topological polar surface area (TPSA) is 42.0 Å². The molecule has 1 aromatic heterocycles. The Morgan fingerprint density at radius 1 is 1.58 bits per heavy atom. The molecule has 0 aliphatic heterocycles. The van der Waals surface area contributed by atoms with Crippen LogP contribution in [0.25, 0.3) is 0 Å². The Balaban J connectivity index is 2.18. The minimum atomic E-state index is -0.187. The number of carbonyl (C=O) groups excluding carboxylic acids is 1. The van der Waals surface area contributed by atoms with E-state index in [1.165, 1.54) is 11.3 Å². The second kappa shape index (κ2) is 6.50. The average Bonchev–Trinajstić information content (AvgIpc) is 2.92. The number of aromatic nitrogens is 1. The number of rotatable bonds is 4. The molecule has 0 bridgehead atoms. The highest BCUT2D eigenvalue weighted by Gasteiger charge is 2.18. The zero-order chi connectivity index (χ0) is 13.8. The number of benzene rings is 1. The summed E-state index contributed by atoms with van der Waals surface area (Å²) in [6, 6.07) is 5.14. The lowest BCUT2D eigenvalue weighted by Gasteiger charge is -2.15. The van der Waals surface area contributed by atoms with E-state index in [0.717, 1.165) is 15.9 Å². The summed E-state index contributed by atoms with van der Waals surface area (Å²) >= 11 is 10.9. The molecule has 0 aliphatic rings. The Morgan fingerprint density at radius 2 is 2.37 bits per heavy atom. The van der Waals surface area contributed by atoms with Gasteiger partial charge in [-0.2, -0.15) is 0 Å². The van der Waals surface area contributed by atoms with Crippen molar-refractivity contribution in [2.75, 3.05) is 0 Å². The molecule has 0 spiro atoms. The van der Waals surface area contributed by atoms with Gasteiger partial charge in [-0.1, -0.05) is 34.5 Å². The number of nitrogens with zero attached hydrogens (tertiary/aromatic N) is 1. The van der Waals surface area contributed by atoms with Crippen LogP contribution in [0, 0.1) is 0 Å². The molecular formula is C13H12BrClN2OS. The predicted octanol–water partition coefficient (Wildman–Crippen LogP) is 4.44.